The van der Waals surface area contributed by atoms with Gasteiger partial charge in [0.05, 0.1) is 30.9 Å². The van der Waals surface area contributed by atoms with Crippen LogP contribution in [-0.2, 0) is 0 Å². The van der Waals surface area contributed by atoms with Gasteiger partial charge in [-0.2, -0.15) is 34.9 Å². The summed E-state index contributed by atoms with van der Waals surface area (Å²) in [6, 6.07) is 67.6. The Hall–Kier alpha value is -10.9. The maximum Gasteiger partial charge on any atom is 0.320 e. The minimum absolute atomic E-state index is 0.0181. The first-order valence-electron chi connectivity index (χ1n) is 32.7. The molecule has 0 aliphatic heterocycles. The maximum absolute atomic E-state index is 10.9. The van der Waals surface area contributed by atoms with Gasteiger partial charge >= 0.3 is 6.01 Å². The zero-order valence-corrected chi connectivity index (χ0v) is 56.1. The first kappa shape index (κ1) is 63.2. The molecule has 0 radical (unpaired) electrons. The van der Waals surface area contributed by atoms with Gasteiger partial charge in [0.2, 0.25) is 15.9 Å². The Bertz CT molecular complexity index is 5770. The van der Waals surface area contributed by atoms with Crippen LogP contribution in [0.1, 0.15) is 53.4 Å². The molecule has 0 saturated carbocycles. The Balaban J connectivity index is 0.000000124. The number of hydrogen-bond acceptors (Lipinski definition) is 14. The molecule has 17 aromatic rings. The van der Waals surface area contributed by atoms with E-state index in [4.69, 9.17) is 59.0 Å². The average molecular weight is 1350 g/mol. The van der Waals surface area contributed by atoms with Crippen LogP contribution < -0.4 is 14.2 Å². The molecule has 3 heterocycles. The van der Waals surface area contributed by atoms with Crippen LogP contribution in [0.3, 0.4) is 0 Å². The van der Waals surface area contributed by atoms with Crippen LogP contribution in [0.5, 0.6) is 29.0 Å². The summed E-state index contributed by atoms with van der Waals surface area (Å²) in [6.45, 7) is 9.75. The number of rotatable bonds is 16. The van der Waals surface area contributed by atoms with Crippen molar-refractivity contribution in [3.05, 3.63) is 216 Å². The minimum Gasteiger partial charge on any atom is -0.507 e. The van der Waals surface area contributed by atoms with E-state index in [1.54, 1.807) is 30.3 Å². The van der Waals surface area contributed by atoms with E-state index in [1.165, 1.54) is 81.8 Å². The zero-order chi connectivity index (χ0) is 67.1. The van der Waals surface area contributed by atoms with Gasteiger partial charge in [-0.15, -0.1) is 0 Å². The van der Waals surface area contributed by atoms with Gasteiger partial charge in [-0.1, -0.05) is 179 Å². The van der Waals surface area contributed by atoms with Crippen LogP contribution in [0.4, 0.5) is 0 Å². The highest BCUT2D eigenvalue weighted by atomic mass is 35.5. The third-order valence-electron chi connectivity index (χ3n) is 18.1. The summed E-state index contributed by atoms with van der Waals surface area (Å²) >= 11 is 18.2. The molecule has 482 valence electrons. The number of ether oxygens (including phenoxy) is 3. The van der Waals surface area contributed by atoms with Crippen molar-refractivity contribution < 1.29 is 24.4 Å². The van der Waals surface area contributed by atoms with Crippen molar-refractivity contribution in [1.29, 1.82) is 0 Å². The van der Waals surface area contributed by atoms with Gasteiger partial charge in [-0.25, -0.2) is 9.97 Å². The molecule has 3 aromatic heterocycles. The predicted molar refractivity (Wildman–Crippen MR) is 397 cm³/mol. The molecule has 1 unspecified atom stereocenters. The van der Waals surface area contributed by atoms with Crippen LogP contribution >= 0.6 is 34.8 Å². The van der Waals surface area contributed by atoms with E-state index in [-0.39, 0.29) is 33.4 Å². The molecule has 14 nitrogen and oxygen atoms in total. The molecule has 98 heavy (non-hydrogen) atoms. The van der Waals surface area contributed by atoms with Crippen molar-refractivity contribution in [3.8, 4) is 85.9 Å². The Labute approximate surface area is 578 Å². The average Bonchev–Trinajstić information content (AvgIpc) is 0.749. The number of phenols is 2. The number of nitrogens with zero attached hydrogens (tertiary/aromatic N) is 9. The van der Waals surface area contributed by atoms with E-state index in [0.717, 1.165) is 57.5 Å². The summed E-state index contributed by atoms with van der Waals surface area (Å²) < 4.78 is 17.3. The van der Waals surface area contributed by atoms with E-state index in [2.05, 4.69) is 200 Å². The first-order chi connectivity index (χ1) is 47.9. The lowest BCUT2D eigenvalue weighted by Gasteiger charge is -2.16. The van der Waals surface area contributed by atoms with E-state index >= 15 is 0 Å². The van der Waals surface area contributed by atoms with Crippen molar-refractivity contribution >= 4 is 132 Å². The lowest BCUT2D eigenvalue weighted by atomic mass is 9.92. The zero-order valence-electron chi connectivity index (χ0n) is 53.9. The molecule has 0 bridgehead atoms. The van der Waals surface area contributed by atoms with Crippen LogP contribution in [0.25, 0.3) is 154 Å². The second-order valence-corrected chi connectivity index (χ2v) is 25.1. The van der Waals surface area contributed by atoms with Crippen molar-refractivity contribution in [1.82, 2.24) is 44.9 Å². The van der Waals surface area contributed by atoms with Gasteiger partial charge in [-0.05, 0) is 200 Å². The van der Waals surface area contributed by atoms with Crippen LogP contribution in [0.2, 0.25) is 15.9 Å². The van der Waals surface area contributed by atoms with Gasteiger partial charge in [0.25, 0.3) is 0 Å². The third kappa shape index (κ3) is 12.1. The summed E-state index contributed by atoms with van der Waals surface area (Å²) in [4.78, 5) is 40.1. The van der Waals surface area contributed by atoms with Gasteiger partial charge < -0.3 is 24.4 Å². The van der Waals surface area contributed by atoms with Gasteiger partial charge in [0.1, 0.15) is 23.0 Å². The summed E-state index contributed by atoms with van der Waals surface area (Å²) in [6.07, 6.45) is 4.45. The smallest absolute Gasteiger partial charge is 0.320 e. The molecule has 14 aromatic carbocycles. The fraction of sp³-hybridized carbons (Fsp3) is 0.148. The van der Waals surface area contributed by atoms with Crippen molar-refractivity contribution in [2.45, 2.75) is 53.4 Å². The van der Waals surface area contributed by atoms with E-state index in [0.29, 0.717) is 77.5 Å². The minimum atomic E-state index is 0.0181. The molecule has 0 aliphatic carbocycles. The summed E-state index contributed by atoms with van der Waals surface area (Å²) in [5.74, 6) is 3.76. The number of benzene rings is 14. The van der Waals surface area contributed by atoms with Gasteiger partial charge in [-0.3, -0.25) is 0 Å². The number of aromatic nitrogens is 9. The van der Waals surface area contributed by atoms with Crippen LogP contribution in [-0.4, -0.2) is 74.9 Å². The molecule has 0 saturated heterocycles. The summed E-state index contributed by atoms with van der Waals surface area (Å²) in [5.41, 5.74) is 3.61. The van der Waals surface area contributed by atoms with Crippen molar-refractivity contribution in [2.75, 3.05) is 19.8 Å². The molecule has 0 fully saturated rings. The number of aromatic hydroxyl groups is 2. The SMILES string of the molecule is CCCCC(CC)COc1nc(-c2ccc(OCC)cc2O)nc(-c2ccc3ccc4cccc5ccc2c3c45)n1.CCOc1ccc(-c2nc(Cl)nc(-c3ccc4ccc5cccc6ccc3c4c56)n2)c(O)c1.Clc1nc(Cl)nc(-c2ccc3ccc4cccc5ccc2c3c45)n1. The predicted octanol–water partition coefficient (Wildman–Crippen LogP) is 21.4. The molecule has 1 atom stereocenters. The Kier molecular flexibility index (Phi) is 17.4. The molecule has 2 N–H and O–H groups in total. The molecular weight excluding hydrogens is 1290 g/mol. The van der Waals surface area contributed by atoms with E-state index < -0.39 is 0 Å². The fourth-order valence-corrected chi connectivity index (χ4v) is 14.0. The van der Waals surface area contributed by atoms with Crippen LogP contribution in [0.15, 0.2) is 200 Å². The molecule has 0 spiro atoms. The Morgan fingerprint density at radius 1 is 0.337 bits per heavy atom. The van der Waals surface area contributed by atoms with Gasteiger partial charge in [0.15, 0.2) is 29.1 Å². The molecule has 17 heteroatoms. The fourth-order valence-electron chi connectivity index (χ4n) is 13.5. The molecule has 17 rings (SSSR count). The molecule has 0 aliphatic rings. The molecular formula is C81H62Cl3N9O5. The third-order valence-corrected chi connectivity index (χ3v) is 18.7. The number of phenolic OH excluding ortho intramolecular Hbond substituents is 2. The Morgan fingerprint density at radius 3 is 1.02 bits per heavy atom. The highest BCUT2D eigenvalue weighted by Crippen LogP contribution is 2.44. The monoisotopic (exact) mass is 1350 g/mol. The standard InChI is InChI=1S/C35H35N3O3.C27H18ClN3O2.C19H9Cl2N3/c1-4-7-9-22(5-2)21-41-35-37-33(36-34(38-35)29-19-16-26(40-6-3)20-30(29)39)28-18-15-25-13-12-23-10-8-11-24-14-17-27(28)32(25)31(23)24;1-2-33-18-10-13-21(22(32)14-18)26-29-25(30-27(28)31-26)20-12-9-17-7-6-15-4-3-5-16-8-11-19(20)24(17)23(15)16;20-18-22-17(23-19(21)24-18)14-9-7-12-5-4-10-2-1-3-11-6-8-13(14)16(12)15(10)11/h8,10-20,22,39H,4-7,9,21H2,1-3H3;3-14,32H,2H2,1H3;1-9H. The van der Waals surface area contributed by atoms with E-state index in [9.17, 15) is 10.2 Å². The summed E-state index contributed by atoms with van der Waals surface area (Å²) in [5, 5.41) is 42.9. The normalized spacial score (nSPS) is 11.9. The lowest BCUT2D eigenvalue weighted by molar-refractivity contribution is 0.217. The lowest BCUT2D eigenvalue weighted by Crippen LogP contribution is -2.13. The number of hydrogen-bond donors (Lipinski definition) is 2. The second-order valence-electron chi connectivity index (χ2n) is 24.1. The quantitative estimate of drug-likeness (QED) is 0.0871. The van der Waals surface area contributed by atoms with Crippen molar-refractivity contribution in [2.24, 2.45) is 5.92 Å². The summed E-state index contributed by atoms with van der Waals surface area (Å²) in [7, 11) is 0. The van der Waals surface area contributed by atoms with Crippen molar-refractivity contribution in [3.63, 3.8) is 0 Å². The van der Waals surface area contributed by atoms with Gasteiger partial charge in [0, 0.05) is 28.8 Å². The number of halogens is 3. The maximum atomic E-state index is 10.9. The molecule has 0 amide bonds. The largest absolute Gasteiger partial charge is 0.507 e. The number of unbranched alkanes of at least 4 members (excludes halogenated alkanes) is 1. The van der Waals surface area contributed by atoms with E-state index in [1.807, 2.05) is 32.0 Å². The highest BCUT2D eigenvalue weighted by Gasteiger charge is 2.22. The highest BCUT2D eigenvalue weighted by molar-refractivity contribution is 6.32. The second kappa shape index (κ2) is 27.0. The topological polar surface area (TPSA) is 184 Å². The van der Waals surface area contributed by atoms with Crippen LogP contribution in [0, 0.1) is 5.92 Å². The Morgan fingerprint density at radius 2 is 0.653 bits per heavy atom. The first-order valence-corrected chi connectivity index (χ1v) is 33.9.